The molecule has 2 aromatic rings. The van der Waals surface area contributed by atoms with Crippen molar-refractivity contribution in [3.8, 4) is 0 Å². The van der Waals surface area contributed by atoms with Crippen LogP contribution >= 0.6 is 0 Å². The third kappa shape index (κ3) is 4.27. The minimum atomic E-state index is -4.37. The van der Waals surface area contributed by atoms with Crippen LogP contribution in [0.2, 0.25) is 0 Å². The second kappa shape index (κ2) is 7.11. The van der Waals surface area contributed by atoms with Crippen LogP contribution in [0.5, 0.6) is 0 Å². The van der Waals surface area contributed by atoms with Crippen molar-refractivity contribution in [3.63, 3.8) is 0 Å². The standard InChI is InChI=1S/C17H24F3N3O/c1-10(7-11(2)24)9-21-12(3)16-22-14-8-13(17(18,19)20)5-6-15(14)23(16)4/h5-6,8,10-12,21,24H,7,9H2,1-4H3. The average Bonchev–Trinajstić information content (AvgIpc) is 2.80. The summed E-state index contributed by atoms with van der Waals surface area (Å²) in [5.41, 5.74) is 0.322. The van der Waals surface area contributed by atoms with Gasteiger partial charge < -0.3 is 15.0 Å². The molecule has 7 heteroatoms. The van der Waals surface area contributed by atoms with Crippen LogP contribution in [-0.4, -0.2) is 27.3 Å². The maximum Gasteiger partial charge on any atom is 0.416 e. The Kier molecular flexibility index (Phi) is 5.55. The molecule has 134 valence electrons. The molecule has 1 heterocycles. The van der Waals surface area contributed by atoms with Gasteiger partial charge in [0, 0.05) is 7.05 Å². The van der Waals surface area contributed by atoms with Crippen LogP contribution in [0.15, 0.2) is 18.2 Å². The Bertz CT molecular complexity index is 694. The molecule has 0 saturated heterocycles. The van der Waals surface area contributed by atoms with Crippen LogP contribution in [0.4, 0.5) is 13.2 Å². The topological polar surface area (TPSA) is 50.1 Å². The van der Waals surface area contributed by atoms with Gasteiger partial charge in [-0.25, -0.2) is 4.98 Å². The molecular weight excluding hydrogens is 319 g/mol. The van der Waals surface area contributed by atoms with Crippen LogP contribution in [0, 0.1) is 5.92 Å². The summed E-state index contributed by atoms with van der Waals surface area (Å²) in [5.74, 6) is 0.979. The molecule has 0 bridgehead atoms. The van der Waals surface area contributed by atoms with E-state index >= 15 is 0 Å². The number of benzene rings is 1. The lowest BCUT2D eigenvalue weighted by atomic mass is 10.0. The van der Waals surface area contributed by atoms with E-state index in [-0.39, 0.29) is 12.1 Å². The van der Waals surface area contributed by atoms with Gasteiger partial charge in [-0.2, -0.15) is 13.2 Å². The first kappa shape index (κ1) is 18.7. The smallest absolute Gasteiger partial charge is 0.393 e. The Labute approximate surface area is 139 Å². The number of nitrogens with one attached hydrogen (secondary N) is 1. The summed E-state index contributed by atoms with van der Waals surface area (Å²) in [6.07, 6.45) is -4.03. The van der Waals surface area contributed by atoms with Gasteiger partial charge in [-0.1, -0.05) is 6.92 Å². The number of aliphatic hydroxyl groups excluding tert-OH is 1. The van der Waals surface area contributed by atoms with Gasteiger partial charge in [-0.15, -0.1) is 0 Å². The molecular formula is C17H24F3N3O. The SMILES string of the molecule is CC(O)CC(C)CNC(C)c1nc2cc(C(F)(F)F)ccc2n1C. The van der Waals surface area contributed by atoms with Crippen LogP contribution in [-0.2, 0) is 13.2 Å². The van der Waals surface area contributed by atoms with Gasteiger partial charge in [0.2, 0.25) is 0 Å². The van der Waals surface area contributed by atoms with E-state index in [1.54, 1.807) is 14.0 Å². The first-order valence-electron chi connectivity index (χ1n) is 8.04. The zero-order valence-electron chi connectivity index (χ0n) is 14.4. The third-order valence-electron chi connectivity index (χ3n) is 4.15. The van der Waals surface area contributed by atoms with Crippen molar-refractivity contribution in [3.05, 3.63) is 29.6 Å². The summed E-state index contributed by atoms with van der Waals surface area (Å²) in [4.78, 5) is 4.38. The molecule has 0 aliphatic rings. The second-order valence-electron chi connectivity index (χ2n) is 6.55. The lowest BCUT2D eigenvalue weighted by Gasteiger charge is -2.18. The number of rotatable bonds is 6. The highest BCUT2D eigenvalue weighted by Crippen LogP contribution is 2.31. The van der Waals surface area contributed by atoms with E-state index in [0.29, 0.717) is 35.7 Å². The number of imidazole rings is 1. The number of fused-ring (bicyclic) bond motifs is 1. The van der Waals surface area contributed by atoms with Crippen LogP contribution in [0.25, 0.3) is 11.0 Å². The molecule has 0 spiro atoms. The fraction of sp³-hybridized carbons (Fsp3) is 0.588. The van der Waals surface area contributed by atoms with E-state index < -0.39 is 11.7 Å². The van der Waals surface area contributed by atoms with Crippen LogP contribution < -0.4 is 5.32 Å². The van der Waals surface area contributed by atoms with Gasteiger partial charge >= 0.3 is 6.18 Å². The summed E-state index contributed by atoms with van der Waals surface area (Å²) in [7, 11) is 1.80. The van der Waals surface area contributed by atoms with Crippen molar-refractivity contribution in [1.29, 1.82) is 0 Å². The average molecular weight is 343 g/mol. The van der Waals surface area contributed by atoms with E-state index in [9.17, 15) is 18.3 Å². The first-order chi connectivity index (χ1) is 11.1. The normalized spacial score (nSPS) is 16.3. The number of aryl methyl sites for hydroxylation is 1. The van der Waals surface area contributed by atoms with E-state index in [1.165, 1.54) is 6.07 Å². The highest BCUT2D eigenvalue weighted by Gasteiger charge is 2.31. The summed E-state index contributed by atoms with van der Waals surface area (Å²) in [6, 6.07) is 3.52. The molecule has 3 unspecified atom stereocenters. The summed E-state index contributed by atoms with van der Waals surface area (Å²) in [6.45, 7) is 6.42. The molecule has 2 rings (SSSR count). The first-order valence-corrected chi connectivity index (χ1v) is 8.04. The molecule has 0 aliphatic heterocycles. The predicted molar refractivity (Wildman–Crippen MR) is 87.6 cm³/mol. The van der Waals surface area contributed by atoms with Crippen molar-refractivity contribution in [1.82, 2.24) is 14.9 Å². The number of alkyl halides is 3. The number of halogens is 3. The lowest BCUT2D eigenvalue weighted by molar-refractivity contribution is -0.137. The maximum absolute atomic E-state index is 12.8. The minimum Gasteiger partial charge on any atom is -0.393 e. The van der Waals surface area contributed by atoms with Gasteiger partial charge in [0.25, 0.3) is 0 Å². The quantitative estimate of drug-likeness (QED) is 0.842. The van der Waals surface area contributed by atoms with Crippen molar-refractivity contribution in [2.45, 2.75) is 45.5 Å². The molecule has 1 aromatic carbocycles. The van der Waals surface area contributed by atoms with Gasteiger partial charge in [0.05, 0.1) is 28.7 Å². The number of aliphatic hydroxyl groups is 1. The lowest BCUT2D eigenvalue weighted by Crippen LogP contribution is -2.27. The molecule has 0 fully saturated rings. The molecule has 24 heavy (non-hydrogen) atoms. The van der Waals surface area contributed by atoms with E-state index in [4.69, 9.17) is 0 Å². The fourth-order valence-electron chi connectivity index (χ4n) is 2.92. The highest BCUT2D eigenvalue weighted by molar-refractivity contribution is 5.77. The zero-order valence-corrected chi connectivity index (χ0v) is 14.4. The highest BCUT2D eigenvalue weighted by atomic mass is 19.4. The number of aromatic nitrogens is 2. The van der Waals surface area contributed by atoms with Crippen molar-refractivity contribution >= 4 is 11.0 Å². The summed E-state index contributed by atoms with van der Waals surface area (Å²) >= 11 is 0. The van der Waals surface area contributed by atoms with Gasteiger partial charge in [-0.05, 0) is 50.9 Å². The van der Waals surface area contributed by atoms with E-state index in [0.717, 1.165) is 12.1 Å². The Balaban J connectivity index is 2.18. The molecule has 3 atom stereocenters. The number of hydrogen-bond donors (Lipinski definition) is 2. The fourth-order valence-corrected chi connectivity index (χ4v) is 2.92. The van der Waals surface area contributed by atoms with Crippen molar-refractivity contribution in [2.24, 2.45) is 13.0 Å². The summed E-state index contributed by atoms with van der Waals surface area (Å²) < 4.78 is 40.3. The molecule has 0 amide bonds. The van der Waals surface area contributed by atoms with Gasteiger partial charge in [0.15, 0.2) is 0 Å². The Morgan fingerprint density at radius 2 is 1.92 bits per heavy atom. The second-order valence-corrected chi connectivity index (χ2v) is 6.55. The monoisotopic (exact) mass is 343 g/mol. The Hall–Kier alpha value is -1.60. The number of nitrogens with zero attached hydrogens (tertiary/aromatic N) is 2. The van der Waals surface area contributed by atoms with E-state index in [1.807, 2.05) is 18.4 Å². The van der Waals surface area contributed by atoms with Crippen molar-refractivity contribution in [2.75, 3.05) is 6.54 Å². The van der Waals surface area contributed by atoms with Gasteiger partial charge in [-0.3, -0.25) is 0 Å². The molecule has 2 N–H and O–H groups in total. The molecule has 0 radical (unpaired) electrons. The molecule has 4 nitrogen and oxygen atoms in total. The molecule has 1 aromatic heterocycles. The number of hydrogen-bond acceptors (Lipinski definition) is 3. The Morgan fingerprint density at radius 3 is 2.50 bits per heavy atom. The van der Waals surface area contributed by atoms with E-state index in [2.05, 4.69) is 10.3 Å². The third-order valence-corrected chi connectivity index (χ3v) is 4.15. The molecule has 0 saturated carbocycles. The summed E-state index contributed by atoms with van der Waals surface area (Å²) in [5, 5.41) is 12.7. The minimum absolute atomic E-state index is 0.104. The Morgan fingerprint density at radius 1 is 1.25 bits per heavy atom. The molecule has 0 aliphatic carbocycles. The maximum atomic E-state index is 12.8. The van der Waals surface area contributed by atoms with Crippen LogP contribution in [0.1, 0.15) is 44.6 Å². The van der Waals surface area contributed by atoms with Gasteiger partial charge in [0.1, 0.15) is 5.82 Å². The predicted octanol–water partition coefficient (Wildman–Crippen LogP) is 3.65. The largest absolute Gasteiger partial charge is 0.416 e. The van der Waals surface area contributed by atoms with Crippen LogP contribution in [0.3, 0.4) is 0 Å². The zero-order chi connectivity index (χ0) is 18.1. The van der Waals surface area contributed by atoms with Crippen molar-refractivity contribution < 1.29 is 18.3 Å².